The Kier molecular flexibility index (Phi) is 2.78. The van der Waals surface area contributed by atoms with Gasteiger partial charge in [-0.2, -0.15) is 5.10 Å². The molecule has 0 aliphatic rings. The second-order valence-corrected chi connectivity index (χ2v) is 4.10. The molecule has 0 amide bonds. The van der Waals surface area contributed by atoms with Gasteiger partial charge in [0.1, 0.15) is 0 Å². The molecule has 0 spiro atoms. The van der Waals surface area contributed by atoms with Crippen LogP contribution in [0.2, 0.25) is 5.15 Å². The van der Waals surface area contributed by atoms with Crippen LogP contribution in [0.3, 0.4) is 0 Å². The second-order valence-electron chi connectivity index (χ2n) is 3.71. The van der Waals surface area contributed by atoms with E-state index in [0.29, 0.717) is 11.0 Å². The van der Waals surface area contributed by atoms with Gasteiger partial charge in [-0.1, -0.05) is 41.9 Å². The Morgan fingerprint density at radius 1 is 0.889 bits per heavy atom. The first-order chi connectivity index (χ1) is 8.84. The molecule has 3 aromatic rings. The van der Waals surface area contributed by atoms with Crippen molar-refractivity contribution in [3.63, 3.8) is 0 Å². The van der Waals surface area contributed by atoms with Crippen molar-refractivity contribution >= 4 is 11.6 Å². The first-order valence-corrected chi connectivity index (χ1v) is 5.81. The number of benzene rings is 1. The highest BCUT2D eigenvalue weighted by molar-refractivity contribution is 6.29. The topological polar surface area (TPSA) is 43.6 Å². The summed E-state index contributed by atoms with van der Waals surface area (Å²) in [5.41, 5.74) is 2.04. The van der Waals surface area contributed by atoms with Gasteiger partial charge in [0.05, 0.1) is 11.9 Å². The lowest BCUT2D eigenvalue weighted by molar-refractivity contribution is 0.820. The van der Waals surface area contributed by atoms with Crippen molar-refractivity contribution in [2.24, 2.45) is 0 Å². The summed E-state index contributed by atoms with van der Waals surface area (Å²) in [4.78, 5) is 0. The molecule has 0 radical (unpaired) electrons. The van der Waals surface area contributed by atoms with Crippen molar-refractivity contribution in [2.45, 2.75) is 0 Å². The molecule has 4 nitrogen and oxygen atoms in total. The third-order valence-corrected chi connectivity index (χ3v) is 2.75. The van der Waals surface area contributed by atoms with Crippen LogP contribution < -0.4 is 0 Å². The summed E-state index contributed by atoms with van der Waals surface area (Å²) in [5.74, 6) is 0.642. The molecule has 0 bridgehead atoms. The first-order valence-electron chi connectivity index (χ1n) is 5.43. The zero-order valence-corrected chi connectivity index (χ0v) is 10.1. The van der Waals surface area contributed by atoms with Crippen LogP contribution in [0.15, 0.2) is 54.7 Å². The summed E-state index contributed by atoms with van der Waals surface area (Å²) in [7, 11) is 0. The summed E-state index contributed by atoms with van der Waals surface area (Å²) in [6.45, 7) is 0. The lowest BCUT2D eigenvalue weighted by atomic mass is 10.1. The fourth-order valence-corrected chi connectivity index (χ4v) is 1.84. The Labute approximate surface area is 109 Å². The van der Waals surface area contributed by atoms with Crippen molar-refractivity contribution in [1.29, 1.82) is 0 Å². The summed E-state index contributed by atoms with van der Waals surface area (Å²) in [5, 5.41) is 12.5. The lowest BCUT2D eigenvalue weighted by Gasteiger charge is -2.05. The van der Waals surface area contributed by atoms with Gasteiger partial charge in [0.15, 0.2) is 11.0 Å². The molecule has 3 rings (SSSR count). The maximum Gasteiger partial charge on any atom is 0.176 e. The highest BCUT2D eigenvalue weighted by atomic mass is 35.5. The number of halogens is 1. The van der Waals surface area contributed by atoms with Crippen molar-refractivity contribution in [3.8, 4) is 17.1 Å². The SMILES string of the molecule is Clc1ccc(-n2nccc2-c2ccccc2)nn1. The molecule has 2 heterocycles. The molecule has 0 saturated carbocycles. The molecule has 0 atom stereocenters. The van der Waals surface area contributed by atoms with E-state index in [9.17, 15) is 0 Å². The van der Waals surface area contributed by atoms with E-state index >= 15 is 0 Å². The highest BCUT2D eigenvalue weighted by Gasteiger charge is 2.08. The molecule has 2 aromatic heterocycles. The molecular weight excluding hydrogens is 248 g/mol. The van der Waals surface area contributed by atoms with Gasteiger partial charge in [-0.3, -0.25) is 0 Å². The van der Waals surface area contributed by atoms with Crippen molar-refractivity contribution in [2.75, 3.05) is 0 Å². The maximum absolute atomic E-state index is 5.73. The Morgan fingerprint density at radius 2 is 1.72 bits per heavy atom. The van der Waals surface area contributed by atoms with E-state index in [1.165, 1.54) is 0 Å². The normalized spacial score (nSPS) is 10.5. The van der Waals surface area contributed by atoms with Gasteiger partial charge in [0.2, 0.25) is 0 Å². The van der Waals surface area contributed by atoms with Crippen LogP contribution in [-0.2, 0) is 0 Å². The molecule has 1 aromatic carbocycles. The lowest BCUT2D eigenvalue weighted by Crippen LogP contribution is -2.02. The van der Waals surface area contributed by atoms with Crippen molar-refractivity contribution in [3.05, 3.63) is 59.9 Å². The number of hydrogen-bond acceptors (Lipinski definition) is 3. The van der Waals surface area contributed by atoms with Gasteiger partial charge < -0.3 is 0 Å². The standard InChI is InChI=1S/C13H9ClN4/c14-12-6-7-13(17-16-12)18-11(8-9-15-18)10-4-2-1-3-5-10/h1-9H. The molecule has 0 fully saturated rings. The minimum Gasteiger partial charge on any atom is -0.213 e. The Hall–Kier alpha value is -2.20. The maximum atomic E-state index is 5.73. The van der Waals surface area contributed by atoms with Crippen LogP contribution in [0.5, 0.6) is 0 Å². The van der Waals surface area contributed by atoms with E-state index in [-0.39, 0.29) is 0 Å². The molecule has 0 saturated heterocycles. The Balaban J connectivity index is 2.10. The predicted octanol–water partition coefficient (Wildman–Crippen LogP) is 2.98. The van der Waals surface area contributed by atoms with E-state index in [0.717, 1.165) is 11.3 Å². The zero-order chi connectivity index (χ0) is 12.4. The fourth-order valence-electron chi connectivity index (χ4n) is 1.74. The van der Waals surface area contributed by atoms with Crippen LogP contribution in [0.4, 0.5) is 0 Å². The van der Waals surface area contributed by atoms with Gasteiger partial charge in [-0.25, -0.2) is 4.68 Å². The minimum atomic E-state index is 0.368. The average molecular weight is 257 g/mol. The van der Waals surface area contributed by atoms with Gasteiger partial charge in [-0.05, 0) is 18.2 Å². The molecule has 18 heavy (non-hydrogen) atoms. The van der Waals surface area contributed by atoms with Gasteiger partial charge in [0.25, 0.3) is 0 Å². The molecule has 0 unspecified atom stereocenters. The predicted molar refractivity (Wildman–Crippen MR) is 69.6 cm³/mol. The number of hydrogen-bond donors (Lipinski definition) is 0. The largest absolute Gasteiger partial charge is 0.213 e. The summed E-state index contributed by atoms with van der Waals surface area (Å²) >= 11 is 5.73. The van der Waals surface area contributed by atoms with E-state index in [1.54, 1.807) is 23.0 Å². The van der Waals surface area contributed by atoms with E-state index < -0.39 is 0 Å². The molecular formula is C13H9ClN4. The van der Waals surface area contributed by atoms with Crippen LogP contribution >= 0.6 is 11.6 Å². The van der Waals surface area contributed by atoms with E-state index in [2.05, 4.69) is 15.3 Å². The average Bonchev–Trinajstić information content (AvgIpc) is 2.90. The molecule has 0 N–H and O–H groups in total. The van der Waals surface area contributed by atoms with Gasteiger partial charge in [0, 0.05) is 5.56 Å². The van der Waals surface area contributed by atoms with E-state index in [1.807, 2.05) is 36.4 Å². The second kappa shape index (κ2) is 4.58. The smallest absolute Gasteiger partial charge is 0.176 e. The Morgan fingerprint density at radius 3 is 2.44 bits per heavy atom. The van der Waals surface area contributed by atoms with Gasteiger partial charge >= 0.3 is 0 Å². The van der Waals surface area contributed by atoms with E-state index in [4.69, 9.17) is 11.6 Å². The van der Waals surface area contributed by atoms with Crippen LogP contribution in [-0.4, -0.2) is 20.0 Å². The quantitative estimate of drug-likeness (QED) is 0.708. The zero-order valence-electron chi connectivity index (χ0n) is 9.36. The third-order valence-electron chi connectivity index (χ3n) is 2.55. The fraction of sp³-hybridized carbons (Fsp3) is 0. The van der Waals surface area contributed by atoms with Crippen LogP contribution in [0.1, 0.15) is 0 Å². The van der Waals surface area contributed by atoms with Gasteiger partial charge in [-0.15, -0.1) is 10.2 Å². The van der Waals surface area contributed by atoms with Crippen molar-refractivity contribution < 1.29 is 0 Å². The minimum absolute atomic E-state index is 0.368. The van der Waals surface area contributed by atoms with Crippen LogP contribution in [0.25, 0.3) is 17.1 Å². The molecule has 0 aliphatic heterocycles. The first kappa shape index (κ1) is 10.9. The number of nitrogens with zero attached hydrogens (tertiary/aromatic N) is 4. The molecule has 88 valence electrons. The number of rotatable bonds is 2. The van der Waals surface area contributed by atoms with Crippen LogP contribution in [0, 0.1) is 0 Å². The summed E-state index contributed by atoms with van der Waals surface area (Å²) in [6.07, 6.45) is 1.73. The number of aromatic nitrogens is 4. The molecule has 5 heteroatoms. The third kappa shape index (κ3) is 1.98. The summed E-state index contributed by atoms with van der Waals surface area (Å²) < 4.78 is 1.73. The molecule has 0 aliphatic carbocycles. The highest BCUT2D eigenvalue weighted by Crippen LogP contribution is 2.20. The Bertz CT molecular complexity index is 646. The monoisotopic (exact) mass is 256 g/mol. The summed E-state index contributed by atoms with van der Waals surface area (Å²) in [6, 6.07) is 15.4. The van der Waals surface area contributed by atoms with Crippen molar-refractivity contribution in [1.82, 2.24) is 20.0 Å².